The van der Waals surface area contributed by atoms with Gasteiger partial charge >= 0.3 is 0 Å². The lowest BCUT2D eigenvalue weighted by Crippen LogP contribution is -2.52. The number of carbonyl (C=O) groups excluding carboxylic acids is 2. The Hall–Kier alpha value is -2.47. The number of amides is 2. The van der Waals surface area contributed by atoms with Crippen LogP contribution in [0.5, 0.6) is 0 Å². The first-order valence-electron chi connectivity index (χ1n) is 11.6. The number of carbonyl (C=O) groups is 2. The van der Waals surface area contributed by atoms with Crippen LogP contribution in [0.4, 0.5) is 0 Å². The Balaban J connectivity index is 1.90. The van der Waals surface area contributed by atoms with E-state index in [1.165, 1.54) is 11.8 Å². The van der Waals surface area contributed by atoms with Crippen LogP contribution >= 0.6 is 35.0 Å². The number of benzene rings is 3. The molecule has 0 heterocycles. The van der Waals surface area contributed by atoms with Crippen LogP contribution in [-0.4, -0.2) is 34.6 Å². The number of thioether (sulfide) groups is 1. The van der Waals surface area contributed by atoms with Crippen molar-refractivity contribution in [3.05, 3.63) is 100 Å². The quantitative estimate of drug-likeness (QED) is 0.283. The van der Waals surface area contributed by atoms with Gasteiger partial charge in [-0.2, -0.15) is 0 Å². The van der Waals surface area contributed by atoms with Crippen LogP contribution in [0, 0.1) is 0 Å². The maximum atomic E-state index is 13.6. The summed E-state index contributed by atoms with van der Waals surface area (Å²) in [5.74, 6) is -0.0791. The van der Waals surface area contributed by atoms with Crippen LogP contribution < -0.4 is 5.32 Å². The van der Waals surface area contributed by atoms with Crippen LogP contribution in [0.3, 0.4) is 0 Å². The fourth-order valence-corrected chi connectivity index (χ4v) is 4.71. The third-order valence-corrected chi connectivity index (χ3v) is 7.17. The van der Waals surface area contributed by atoms with E-state index in [0.717, 1.165) is 22.4 Å². The topological polar surface area (TPSA) is 49.4 Å². The molecule has 0 saturated heterocycles. The second kappa shape index (κ2) is 13.6. The number of nitrogens with zero attached hydrogens (tertiary/aromatic N) is 1. The highest BCUT2D eigenvalue weighted by Crippen LogP contribution is 2.23. The summed E-state index contributed by atoms with van der Waals surface area (Å²) in [4.78, 5) is 29.7. The minimum Gasteiger partial charge on any atom is -0.352 e. The van der Waals surface area contributed by atoms with E-state index in [2.05, 4.69) is 5.32 Å². The molecule has 184 valence electrons. The molecule has 0 saturated carbocycles. The summed E-state index contributed by atoms with van der Waals surface area (Å²) in [7, 11) is 0. The van der Waals surface area contributed by atoms with Crippen molar-refractivity contribution in [1.82, 2.24) is 10.2 Å². The average molecular weight is 530 g/mol. The van der Waals surface area contributed by atoms with Gasteiger partial charge in [-0.05, 0) is 60.9 Å². The first-order chi connectivity index (χ1) is 16.9. The molecule has 3 rings (SSSR count). The van der Waals surface area contributed by atoms with Gasteiger partial charge in [0.05, 0.1) is 5.75 Å². The molecule has 35 heavy (non-hydrogen) atoms. The minimum absolute atomic E-state index is 0.00679. The Morgan fingerprint density at radius 2 is 1.60 bits per heavy atom. The van der Waals surface area contributed by atoms with Crippen molar-refractivity contribution in [1.29, 1.82) is 0 Å². The van der Waals surface area contributed by atoms with Crippen LogP contribution in [0.2, 0.25) is 10.0 Å². The summed E-state index contributed by atoms with van der Waals surface area (Å²) in [6.45, 7) is 4.28. The molecular formula is C28H30Cl2N2O2S. The minimum atomic E-state index is -0.663. The zero-order chi connectivity index (χ0) is 25.2. The van der Waals surface area contributed by atoms with Crippen molar-refractivity contribution in [2.24, 2.45) is 0 Å². The lowest BCUT2D eigenvalue weighted by Gasteiger charge is -2.32. The smallest absolute Gasteiger partial charge is 0.243 e. The van der Waals surface area contributed by atoms with Gasteiger partial charge in [-0.15, -0.1) is 11.8 Å². The van der Waals surface area contributed by atoms with Crippen molar-refractivity contribution in [3.63, 3.8) is 0 Å². The normalized spacial score (nSPS) is 12.6. The predicted octanol–water partition coefficient (Wildman–Crippen LogP) is 6.64. The molecule has 0 aliphatic carbocycles. The largest absolute Gasteiger partial charge is 0.352 e. The molecule has 0 bridgehead atoms. The van der Waals surface area contributed by atoms with E-state index < -0.39 is 6.04 Å². The summed E-state index contributed by atoms with van der Waals surface area (Å²) >= 11 is 13.6. The second-order valence-corrected chi connectivity index (χ2v) is 10.3. The molecule has 0 aromatic heterocycles. The monoisotopic (exact) mass is 528 g/mol. The fourth-order valence-electron chi connectivity index (χ4n) is 3.59. The van der Waals surface area contributed by atoms with E-state index in [-0.39, 0.29) is 30.2 Å². The maximum Gasteiger partial charge on any atom is 0.243 e. The van der Waals surface area contributed by atoms with Gasteiger partial charge in [0, 0.05) is 33.9 Å². The van der Waals surface area contributed by atoms with Crippen LogP contribution in [-0.2, 0) is 22.6 Å². The second-order valence-electron chi connectivity index (χ2n) is 8.42. The molecule has 1 N–H and O–H groups in total. The molecule has 3 aromatic carbocycles. The highest BCUT2D eigenvalue weighted by molar-refractivity contribution is 8.00. The van der Waals surface area contributed by atoms with E-state index in [4.69, 9.17) is 23.2 Å². The van der Waals surface area contributed by atoms with Gasteiger partial charge in [-0.3, -0.25) is 9.59 Å². The van der Waals surface area contributed by atoms with Gasteiger partial charge in [0.1, 0.15) is 6.04 Å². The van der Waals surface area contributed by atoms with E-state index in [9.17, 15) is 9.59 Å². The van der Waals surface area contributed by atoms with Crippen LogP contribution in [0.1, 0.15) is 31.4 Å². The maximum absolute atomic E-state index is 13.6. The summed E-state index contributed by atoms with van der Waals surface area (Å²) in [5, 5.41) is 4.32. The standard InChI is InChI=1S/C28H30Cl2N2O2S/c1-3-20(2)31-28(34)26(17-21-8-5-4-6-9-21)32(18-22-10-7-11-24(30)16-22)27(33)19-35-25-14-12-23(29)13-15-25/h4-16,20,26H,3,17-19H2,1-2H3,(H,31,34). The third-order valence-electron chi connectivity index (χ3n) is 5.69. The van der Waals surface area contributed by atoms with Crippen molar-refractivity contribution < 1.29 is 9.59 Å². The highest BCUT2D eigenvalue weighted by Gasteiger charge is 2.31. The molecule has 0 radical (unpaired) electrons. The summed E-state index contributed by atoms with van der Waals surface area (Å²) in [6.07, 6.45) is 1.22. The molecule has 4 nitrogen and oxygen atoms in total. The number of hydrogen-bond acceptors (Lipinski definition) is 3. The Labute approximate surface area is 222 Å². The van der Waals surface area contributed by atoms with Crippen molar-refractivity contribution >= 4 is 46.8 Å². The Kier molecular flexibility index (Phi) is 10.5. The van der Waals surface area contributed by atoms with E-state index in [0.29, 0.717) is 16.5 Å². The van der Waals surface area contributed by atoms with Crippen molar-refractivity contribution in [3.8, 4) is 0 Å². The third kappa shape index (κ3) is 8.60. The zero-order valence-corrected chi connectivity index (χ0v) is 22.2. The van der Waals surface area contributed by atoms with E-state index >= 15 is 0 Å². The fraction of sp³-hybridized carbons (Fsp3) is 0.286. The van der Waals surface area contributed by atoms with Gasteiger partial charge < -0.3 is 10.2 Å². The first-order valence-corrected chi connectivity index (χ1v) is 13.4. The molecule has 0 aliphatic rings. The van der Waals surface area contributed by atoms with Gasteiger partial charge in [-0.1, -0.05) is 72.6 Å². The molecule has 2 unspecified atom stereocenters. The molecule has 0 fully saturated rings. The van der Waals surface area contributed by atoms with Crippen molar-refractivity contribution in [2.75, 3.05) is 5.75 Å². The number of halogens is 2. The molecule has 0 aliphatic heterocycles. The Morgan fingerprint density at radius 3 is 2.26 bits per heavy atom. The molecule has 3 aromatic rings. The lowest BCUT2D eigenvalue weighted by atomic mass is 10.0. The average Bonchev–Trinajstić information content (AvgIpc) is 2.86. The Morgan fingerprint density at radius 1 is 0.914 bits per heavy atom. The van der Waals surface area contributed by atoms with Crippen molar-refractivity contribution in [2.45, 2.75) is 50.2 Å². The molecular weight excluding hydrogens is 499 g/mol. The Bertz CT molecular complexity index is 1110. The summed E-state index contributed by atoms with van der Waals surface area (Å²) in [5.41, 5.74) is 1.86. The highest BCUT2D eigenvalue weighted by atomic mass is 35.5. The van der Waals surface area contributed by atoms with Crippen LogP contribution in [0.25, 0.3) is 0 Å². The lowest BCUT2D eigenvalue weighted by molar-refractivity contribution is -0.139. The number of nitrogens with one attached hydrogen (secondary N) is 1. The molecule has 2 amide bonds. The number of rotatable bonds is 11. The molecule has 2 atom stereocenters. The van der Waals surface area contributed by atoms with E-state index in [1.54, 1.807) is 23.1 Å². The first kappa shape index (κ1) is 27.1. The zero-order valence-electron chi connectivity index (χ0n) is 19.9. The van der Waals surface area contributed by atoms with E-state index in [1.807, 2.05) is 74.5 Å². The molecule has 0 spiro atoms. The van der Waals surface area contributed by atoms with Gasteiger partial charge in [0.2, 0.25) is 11.8 Å². The van der Waals surface area contributed by atoms with Gasteiger partial charge in [-0.25, -0.2) is 0 Å². The van der Waals surface area contributed by atoms with Crippen LogP contribution in [0.15, 0.2) is 83.8 Å². The number of hydrogen-bond donors (Lipinski definition) is 1. The summed E-state index contributed by atoms with van der Waals surface area (Å²) in [6, 6.07) is 23.9. The SMILES string of the molecule is CCC(C)NC(=O)C(Cc1ccccc1)N(Cc1cccc(Cl)c1)C(=O)CSc1ccc(Cl)cc1. The predicted molar refractivity (Wildman–Crippen MR) is 146 cm³/mol. The van der Waals surface area contributed by atoms with Gasteiger partial charge in [0.15, 0.2) is 0 Å². The molecule has 7 heteroatoms. The van der Waals surface area contributed by atoms with Gasteiger partial charge in [0.25, 0.3) is 0 Å². The summed E-state index contributed by atoms with van der Waals surface area (Å²) < 4.78 is 0.